The topological polar surface area (TPSA) is 134 Å². The van der Waals surface area contributed by atoms with Crippen molar-refractivity contribution >= 4 is 18.1 Å². The van der Waals surface area contributed by atoms with E-state index in [1.165, 1.54) is 38.8 Å². The summed E-state index contributed by atoms with van der Waals surface area (Å²) in [6.45, 7) is 0. The summed E-state index contributed by atoms with van der Waals surface area (Å²) < 4.78 is 15.6. The van der Waals surface area contributed by atoms with E-state index in [0.717, 1.165) is 0 Å². The van der Waals surface area contributed by atoms with Crippen LogP contribution < -0.4 is 20.9 Å². The lowest BCUT2D eigenvalue weighted by molar-refractivity contribution is 0.0600. The molecule has 0 fully saturated rings. The molecule has 1 aromatic carbocycles. The molecular formula is C16H17N5O4. The van der Waals surface area contributed by atoms with Crippen LogP contribution in [0.3, 0.4) is 0 Å². The fourth-order valence-electron chi connectivity index (χ4n) is 1.83. The number of guanidine groups is 1. The quantitative estimate of drug-likeness (QED) is 0.349. The molecule has 0 atom stereocenters. The van der Waals surface area contributed by atoms with Gasteiger partial charge in [0.25, 0.3) is 0 Å². The molecule has 2 aromatic rings. The third-order valence-corrected chi connectivity index (χ3v) is 2.94. The number of carbonyl (C=O) groups is 1. The van der Waals surface area contributed by atoms with Crippen LogP contribution in [0, 0.1) is 0 Å². The number of benzene rings is 1. The number of nitrogens with zero attached hydrogens (tertiary/aromatic N) is 3. The van der Waals surface area contributed by atoms with E-state index in [4.69, 9.17) is 20.9 Å². The summed E-state index contributed by atoms with van der Waals surface area (Å²) in [6, 6.07) is 8.08. The van der Waals surface area contributed by atoms with Gasteiger partial charge < -0.3 is 25.7 Å². The minimum absolute atomic E-state index is 0.139. The van der Waals surface area contributed by atoms with Crippen LogP contribution in [0.25, 0.3) is 0 Å². The summed E-state index contributed by atoms with van der Waals surface area (Å²) >= 11 is 0. The Labute approximate surface area is 143 Å². The number of aromatic nitrogens is 1. The van der Waals surface area contributed by atoms with E-state index < -0.39 is 5.97 Å². The third-order valence-electron chi connectivity index (χ3n) is 2.94. The average Bonchev–Trinajstić information content (AvgIpc) is 2.62. The highest BCUT2D eigenvalue weighted by Crippen LogP contribution is 2.31. The van der Waals surface area contributed by atoms with E-state index in [1.807, 2.05) is 0 Å². The van der Waals surface area contributed by atoms with Gasteiger partial charge in [-0.1, -0.05) is 0 Å². The standard InChI is InChI=1S/C16H17N5O4/c1-23-13-7-10(9-20-21-16(17)18)3-4-12(13)25-14-8-11(5-6-19-14)15(22)24-2/h3-9H,1-2H3,(H4,17,18,21). The van der Waals surface area contributed by atoms with Crippen LogP contribution in [0.2, 0.25) is 0 Å². The lowest BCUT2D eigenvalue weighted by Gasteiger charge is -2.10. The number of nitrogens with two attached hydrogens (primary N) is 2. The highest BCUT2D eigenvalue weighted by molar-refractivity contribution is 5.89. The average molecular weight is 343 g/mol. The number of rotatable bonds is 6. The summed E-state index contributed by atoms with van der Waals surface area (Å²) in [5.41, 5.74) is 11.4. The third kappa shape index (κ3) is 4.93. The monoisotopic (exact) mass is 343 g/mol. The zero-order chi connectivity index (χ0) is 18.2. The Bertz CT molecular complexity index is 816. The van der Waals surface area contributed by atoms with Crippen LogP contribution in [0.1, 0.15) is 15.9 Å². The molecule has 0 aliphatic carbocycles. The molecule has 0 unspecified atom stereocenters. The minimum atomic E-state index is -0.481. The lowest BCUT2D eigenvalue weighted by atomic mass is 10.2. The molecule has 0 aliphatic rings. The summed E-state index contributed by atoms with van der Waals surface area (Å²) in [6.07, 6.45) is 2.91. The van der Waals surface area contributed by atoms with Crippen LogP contribution in [0.15, 0.2) is 46.7 Å². The van der Waals surface area contributed by atoms with Gasteiger partial charge in [0.05, 0.1) is 26.0 Å². The number of hydrogen-bond donors (Lipinski definition) is 2. The van der Waals surface area contributed by atoms with Gasteiger partial charge >= 0.3 is 5.97 Å². The second-order valence-electron chi connectivity index (χ2n) is 4.66. The van der Waals surface area contributed by atoms with Gasteiger partial charge in [-0.2, -0.15) is 5.10 Å². The van der Waals surface area contributed by atoms with Crippen LogP contribution >= 0.6 is 0 Å². The number of esters is 1. The minimum Gasteiger partial charge on any atom is -0.493 e. The molecular weight excluding hydrogens is 326 g/mol. The van der Waals surface area contributed by atoms with Crippen molar-refractivity contribution in [3.8, 4) is 17.4 Å². The Balaban J connectivity index is 2.24. The highest BCUT2D eigenvalue weighted by atomic mass is 16.5. The van der Waals surface area contributed by atoms with E-state index in [2.05, 4.69) is 19.9 Å². The second kappa shape index (κ2) is 8.29. The van der Waals surface area contributed by atoms with Crippen molar-refractivity contribution in [1.29, 1.82) is 0 Å². The molecule has 0 spiro atoms. The van der Waals surface area contributed by atoms with E-state index in [1.54, 1.807) is 18.2 Å². The van der Waals surface area contributed by atoms with Crippen molar-refractivity contribution in [2.24, 2.45) is 21.7 Å². The van der Waals surface area contributed by atoms with Crippen LogP contribution in [0.4, 0.5) is 0 Å². The highest BCUT2D eigenvalue weighted by Gasteiger charge is 2.11. The Kier molecular flexibility index (Phi) is 5.88. The number of hydrogen-bond acceptors (Lipinski definition) is 7. The van der Waals surface area contributed by atoms with Gasteiger partial charge in [0.15, 0.2) is 11.5 Å². The zero-order valence-electron chi connectivity index (χ0n) is 13.7. The Morgan fingerprint density at radius 1 is 1.16 bits per heavy atom. The van der Waals surface area contributed by atoms with Gasteiger partial charge in [-0.15, -0.1) is 5.10 Å². The second-order valence-corrected chi connectivity index (χ2v) is 4.66. The van der Waals surface area contributed by atoms with Crippen LogP contribution in [-0.4, -0.2) is 37.3 Å². The smallest absolute Gasteiger partial charge is 0.338 e. The van der Waals surface area contributed by atoms with Crippen molar-refractivity contribution in [3.05, 3.63) is 47.7 Å². The maximum absolute atomic E-state index is 11.6. The van der Waals surface area contributed by atoms with Gasteiger partial charge in [0, 0.05) is 12.3 Å². The van der Waals surface area contributed by atoms with Gasteiger partial charge in [-0.05, 0) is 29.8 Å². The fraction of sp³-hybridized carbons (Fsp3) is 0.125. The van der Waals surface area contributed by atoms with Crippen molar-refractivity contribution in [2.45, 2.75) is 0 Å². The van der Waals surface area contributed by atoms with Crippen molar-refractivity contribution < 1.29 is 19.0 Å². The van der Waals surface area contributed by atoms with Crippen LogP contribution in [0.5, 0.6) is 17.4 Å². The summed E-state index contributed by atoms with van der Waals surface area (Å²) in [4.78, 5) is 15.6. The molecule has 25 heavy (non-hydrogen) atoms. The van der Waals surface area contributed by atoms with Crippen LogP contribution in [-0.2, 0) is 4.74 Å². The molecule has 4 N–H and O–H groups in total. The Morgan fingerprint density at radius 3 is 2.64 bits per heavy atom. The molecule has 130 valence electrons. The SMILES string of the molecule is COC(=O)c1ccnc(Oc2ccc(C=NN=C(N)N)cc2OC)c1. The number of carbonyl (C=O) groups excluding carboxylic acids is 1. The van der Waals surface area contributed by atoms with Crippen molar-refractivity contribution in [2.75, 3.05) is 14.2 Å². The predicted octanol–water partition coefficient (Wildman–Crippen LogP) is 1.28. The molecule has 2 rings (SSSR count). The first-order valence-corrected chi connectivity index (χ1v) is 7.05. The van der Waals surface area contributed by atoms with E-state index >= 15 is 0 Å². The largest absolute Gasteiger partial charge is 0.493 e. The summed E-state index contributed by atoms with van der Waals surface area (Å²) in [7, 11) is 2.80. The molecule has 0 radical (unpaired) electrons. The number of ether oxygens (including phenoxy) is 3. The van der Waals surface area contributed by atoms with E-state index in [0.29, 0.717) is 22.6 Å². The maximum atomic E-state index is 11.6. The fourth-order valence-corrected chi connectivity index (χ4v) is 1.83. The first-order valence-electron chi connectivity index (χ1n) is 7.05. The van der Waals surface area contributed by atoms with Gasteiger partial charge in [-0.3, -0.25) is 0 Å². The molecule has 0 saturated carbocycles. The van der Waals surface area contributed by atoms with Gasteiger partial charge in [-0.25, -0.2) is 9.78 Å². The molecule has 9 heteroatoms. The molecule has 1 aromatic heterocycles. The maximum Gasteiger partial charge on any atom is 0.338 e. The predicted molar refractivity (Wildman–Crippen MR) is 92.0 cm³/mol. The van der Waals surface area contributed by atoms with Gasteiger partial charge in [0.1, 0.15) is 0 Å². The normalized spacial score (nSPS) is 10.3. The zero-order valence-corrected chi connectivity index (χ0v) is 13.7. The molecule has 9 nitrogen and oxygen atoms in total. The molecule has 0 saturated heterocycles. The van der Waals surface area contributed by atoms with E-state index in [9.17, 15) is 4.79 Å². The van der Waals surface area contributed by atoms with Crippen molar-refractivity contribution in [3.63, 3.8) is 0 Å². The summed E-state index contributed by atoms with van der Waals surface area (Å²) in [5, 5.41) is 7.24. The molecule has 0 bridgehead atoms. The number of methoxy groups -OCH3 is 2. The molecule has 0 aliphatic heterocycles. The Hall–Kier alpha value is -3.62. The lowest BCUT2D eigenvalue weighted by Crippen LogP contribution is -2.21. The Morgan fingerprint density at radius 2 is 1.96 bits per heavy atom. The summed E-state index contributed by atoms with van der Waals surface area (Å²) in [5.74, 6) is 0.461. The molecule has 1 heterocycles. The van der Waals surface area contributed by atoms with Gasteiger partial charge in [0.2, 0.25) is 11.8 Å². The van der Waals surface area contributed by atoms with E-state index in [-0.39, 0.29) is 11.8 Å². The number of pyridine rings is 1. The first kappa shape index (κ1) is 17.7. The molecule has 0 amide bonds. The van der Waals surface area contributed by atoms with Crippen molar-refractivity contribution in [1.82, 2.24) is 4.98 Å². The first-order chi connectivity index (χ1) is 12.0.